The number of carbonyl (C=O) groups is 1. The Morgan fingerprint density at radius 1 is 1.70 bits per heavy atom. The van der Waals surface area contributed by atoms with Crippen LogP contribution >= 0.6 is 0 Å². The number of aromatic nitrogens is 2. The van der Waals surface area contributed by atoms with Crippen LogP contribution in [0.25, 0.3) is 0 Å². The predicted molar refractivity (Wildman–Crippen MR) is 33.4 cm³/mol. The molecule has 0 aliphatic carbocycles. The number of primary amides is 1. The highest BCUT2D eigenvalue weighted by Crippen LogP contribution is 1.77. The van der Waals surface area contributed by atoms with Crippen LogP contribution < -0.4 is 11.3 Å². The summed E-state index contributed by atoms with van der Waals surface area (Å²) in [7, 11) is 0. The molecule has 0 fully saturated rings. The zero-order valence-electron chi connectivity index (χ0n) is 5.00. The fourth-order valence-corrected chi connectivity index (χ4v) is 0.527. The zero-order valence-corrected chi connectivity index (χ0v) is 5.00. The summed E-state index contributed by atoms with van der Waals surface area (Å²) < 4.78 is 0. The molecule has 0 atom stereocenters. The van der Waals surface area contributed by atoms with Crippen molar-refractivity contribution in [2.24, 2.45) is 5.73 Å². The summed E-state index contributed by atoms with van der Waals surface area (Å²) in [6, 6.07) is 0. The van der Waals surface area contributed by atoms with Crippen LogP contribution in [0.15, 0.2) is 17.2 Å². The Bertz CT molecular complexity index is 304. The molecule has 52 valence electrons. The van der Waals surface area contributed by atoms with Crippen molar-refractivity contribution in [3.8, 4) is 0 Å². The Morgan fingerprint density at radius 2 is 2.40 bits per heavy atom. The van der Waals surface area contributed by atoms with Crippen molar-refractivity contribution in [1.29, 1.82) is 0 Å². The molecule has 0 saturated carbocycles. The molecule has 5 heteroatoms. The van der Waals surface area contributed by atoms with Gasteiger partial charge in [-0.15, -0.1) is 0 Å². The summed E-state index contributed by atoms with van der Waals surface area (Å²) in [5, 5.41) is 0. The van der Waals surface area contributed by atoms with Gasteiger partial charge in [-0.1, -0.05) is 0 Å². The van der Waals surface area contributed by atoms with Crippen molar-refractivity contribution in [3.05, 3.63) is 28.4 Å². The highest BCUT2D eigenvalue weighted by molar-refractivity contribution is 5.90. The first-order valence-corrected chi connectivity index (χ1v) is 2.55. The van der Waals surface area contributed by atoms with E-state index in [1.165, 1.54) is 12.4 Å². The molecular weight excluding hydrogens is 134 g/mol. The maximum Gasteiger partial charge on any atom is 0.279 e. The second kappa shape index (κ2) is 2.30. The number of nitrogens with two attached hydrogens (primary N) is 1. The molecule has 10 heavy (non-hydrogen) atoms. The van der Waals surface area contributed by atoms with Gasteiger partial charge in [0.1, 0.15) is 0 Å². The minimum Gasteiger partial charge on any atom is -0.364 e. The number of hydrogen-bond acceptors (Lipinski definition) is 3. The standard InChI is InChI=1S/C5H5N3O2/c6-4(9)3-5(10)8-2-1-7-3/h1-2H,(H2,6,9)(H,8,10). The lowest BCUT2D eigenvalue weighted by Gasteiger charge is -1.88. The van der Waals surface area contributed by atoms with Crippen molar-refractivity contribution in [1.82, 2.24) is 9.97 Å². The number of aromatic amines is 1. The number of hydrogen-bond donors (Lipinski definition) is 2. The van der Waals surface area contributed by atoms with E-state index in [0.29, 0.717) is 0 Å². The molecule has 0 radical (unpaired) electrons. The molecule has 0 aliphatic heterocycles. The first-order chi connectivity index (χ1) is 4.72. The molecule has 0 aromatic carbocycles. The first kappa shape index (κ1) is 6.47. The van der Waals surface area contributed by atoms with E-state index in [1.807, 2.05) is 0 Å². The smallest absolute Gasteiger partial charge is 0.279 e. The van der Waals surface area contributed by atoms with Crippen LogP contribution in [-0.4, -0.2) is 15.9 Å². The van der Waals surface area contributed by atoms with Crippen LogP contribution in [0.1, 0.15) is 10.5 Å². The fraction of sp³-hybridized carbons (Fsp3) is 0. The first-order valence-electron chi connectivity index (χ1n) is 2.55. The summed E-state index contributed by atoms with van der Waals surface area (Å²) in [6.45, 7) is 0. The van der Waals surface area contributed by atoms with E-state index in [4.69, 9.17) is 5.73 Å². The third-order valence-corrected chi connectivity index (χ3v) is 0.941. The van der Waals surface area contributed by atoms with Crippen molar-refractivity contribution in [2.75, 3.05) is 0 Å². The fourth-order valence-electron chi connectivity index (χ4n) is 0.527. The zero-order chi connectivity index (χ0) is 7.56. The van der Waals surface area contributed by atoms with Crippen LogP contribution in [-0.2, 0) is 0 Å². The predicted octanol–water partition coefficient (Wildman–Crippen LogP) is -1.13. The Morgan fingerprint density at radius 3 is 2.80 bits per heavy atom. The molecule has 1 aromatic rings. The van der Waals surface area contributed by atoms with Crippen LogP contribution in [0.3, 0.4) is 0 Å². The Labute approximate surface area is 55.9 Å². The van der Waals surface area contributed by atoms with Gasteiger partial charge in [-0.2, -0.15) is 0 Å². The quantitative estimate of drug-likeness (QED) is 0.515. The van der Waals surface area contributed by atoms with E-state index in [2.05, 4.69) is 9.97 Å². The minimum absolute atomic E-state index is 0.262. The Hall–Kier alpha value is -1.65. The molecular formula is C5H5N3O2. The largest absolute Gasteiger partial charge is 0.364 e. The summed E-state index contributed by atoms with van der Waals surface area (Å²) in [6.07, 6.45) is 2.62. The van der Waals surface area contributed by atoms with Gasteiger partial charge in [-0.25, -0.2) is 4.98 Å². The summed E-state index contributed by atoms with van der Waals surface area (Å²) in [4.78, 5) is 26.7. The minimum atomic E-state index is -0.818. The number of nitrogens with zero attached hydrogens (tertiary/aromatic N) is 1. The lowest BCUT2D eigenvalue weighted by atomic mass is 10.4. The molecule has 0 spiro atoms. The lowest BCUT2D eigenvalue weighted by molar-refractivity contribution is 0.0994. The van der Waals surface area contributed by atoms with Gasteiger partial charge in [0.05, 0.1) is 0 Å². The average molecular weight is 139 g/mol. The second-order valence-electron chi connectivity index (χ2n) is 1.63. The normalized spacial score (nSPS) is 9.20. The molecule has 1 rings (SSSR count). The van der Waals surface area contributed by atoms with Gasteiger partial charge < -0.3 is 10.7 Å². The van der Waals surface area contributed by atoms with Gasteiger partial charge in [0, 0.05) is 12.4 Å². The molecule has 0 aliphatic rings. The maximum absolute atomic E-state index is 10.6. The molecule has 0 saturated heterocycles. The third-order valence-electron chi connectivity index (χ3n) is 0.941. The molecule has 3 N–H and O–H groups in total. The van der Waals surface area contributed by atoms with Crippen LogP contribution in [0.5, 0.6) is 0 Å². The number of carbonyl (C=O) groups excluding carboxylic acids is 1. The van der Waals surface area contributed by atoms with E-state index in [1.54, 1.807) is 0 Å². The van der Waals surface area contributed by atoms with Crippen molar-refractivity contribution in [3.63, 3.8) is 0 Å². The Kier molecular flexibility index (Phi) is 1.49. The lowest BCUT2D eigenvalue weighted by Crippen LogP contribution is -2.24. The van der Waals surface area contributed by atoms with E-state index in [9.17, 15) is 9.59 Å². The molecule has 5 nitrogen and oxygen atoms in total. The summed E-state index contributed by atoms with van der Waals surface area (Å²) >= 11 is 0. The highest BCUT2D eigenvalue weighted by Gasteiger charge is 2.04. The van der Waals surface area contributed by atoms with Crippen LogP contribution in [0.4, 0.5) is 0 Å². The van der Waals surface area contributed by atoms with Gasteiger partial charge in [-0.05, 0) is 0 Å². The summed E-state index contributed by atoms with van der Waals surface area (Å²) in [5.74, 6) is -0.818. The average Bonchev–Trinajstić information content (AvgIpc) is 1.88. The highest BCUT2D eigenvalue weighted by atomic mass is 16.2. The Balaban J connectivity index is 3.29. The number of H-pyrrole nitrogens is 1. The van der Waals surface area contributed by atoms with Crippen LogP contribution in [0, 0.1) is 0 Å². The van der Waals surface area contributed by atoms with Gasteiger partial charge in [0.25, 0.3) is 11.5 Å². The maximum atomic E-state index is 10.6. The SMILES string of the molecule is NC(=O)c1ncc[nH]c1=O. The van der Waals surface area contributed by atoms with Gasteiger partial charge in [0.15, 0.2) is 5.69 Å². The summed E-state index contributed by atoms with van der Waals surface area (Å²) in [5.41, 5.74) is 3.97. The van der Waals surface area contributed by atoms with Crippen molar-refractivity contribution < 1.29 is 4.79 Å². The van der Waals surface area contributed by atoms with E-state index in [0.717, 1.165) is 0 Å². The van der Waals surface area contributed by atoms with E-state index < -0.39 is 11.5 Å². The van der Waals surface area contributed by atoms with E-state index >= 15 is 0 Å². The van der Waals surface area contributed by atoms with E-state index in [-0.39, 0.29) is 5.69 Å². The molecule has 1 aromatic heterocycles. The monoisotopic (exact) mass is 139 g/mol. The third kappa shape index (κ3) is 1.02. The van der Waals surface area contributed by atoms with Gasteiger partial charge in [-0.3, -0.25) is 9.59 Å². The van der Waals surface area contributed by atoms with Gasteiger partial charge >= 0.3 is 0 Å². The van der Waals surface area contributed by atoms with Crippen molar-refractivity contribution in [2.45, 2.75) is 0 Å². The van der Waals surface area contributed by atoms with Gasteiger partial charge in [0.2, 0.25) is 0 Å². The topological polar surface area (TPSA) is 88.8 Å². The number of amides is 1. The van der Waals surface area contributed by atoms with Crippen LogP contribution in [0.2, 0.25) is 0 Å². The second-order valence-corrected chi connectivity index (χ2v) is 1.63. The number of rotatable bonds is 1. The number of nitrogens with one attached hydrogen (secondary N) is 1. The molecule has 0 bridgehead atoms. The molecule has 1 amide bonds. The molecule has 0 unspecified atom stereocenters. The van der Waals surface area contributed by atoms with Crippen molar-refractivity contribution >= 4 is 5.91 Å². The molecule has 1 heterocycles.